The standard InChI is InChI=1S/C20H25N3O4/c1-20(2,3)27-19(25)21-15-6-8-16(9-7-15)22-10-12-23(13-11-22)18(24)17-5-4-14-26-17/h4-9,14H,10-13H2,1-3H3,(H,21,25). The van der Waals surface area contributed by atoms with Crippen LogP contribution in [0.1, 0.15) is 31.3 Å². The van der Waals surface area contributed by atoms with E-state index in [0.29, 0.717) is 24.5 Å². The minimum Gasteiger partial charge on any atom is -0.459 e. The van der Waals surface area contributed by atoms with E-state index in [1.54, 1.807) is 17.0 Å². The van der Waals surface area contributed by atoms with Gasteiger partial charge in [-0.25, -0.2) is 4.79 Å². The molecule has 1 aromatic heterocycles. The summed E-state index contributed by atoms with van der Waals surface area (Å²) in [6, 6.07) is 11.0. The highest BCUT2D eigenvalue weighted by atomic mass is 16.6. The second kappa shape index (κ2) is 7.73. The van der Waals surface area contributed by atoms with Gasteiger partial charge in [-0.2, -0.15) is 0 Å². The third-order valence-corrected chi connectivity index (χ3v) is 4.18. The number of furan rings is 1. The molecule has 0 bridgehead atoms. The Hall–Kier alpha value is -2.96. The zero-order valence-electron chi connectivity index (χ0n) is 15.9. The minimum absolute atomic E-state index is 0.0726. The van der Waals surface area contributed by atoms with E-state index in [4.69, 9.17) is 9.15 Å². The predicted octanol–water partition coefficient (Wildman–Crippen LogP) is 3.59. The van der Waals surface area contributed by atoms with Crippen LogP contribution in [0.15, 0.2) is 47.1 Å². The van der Waals surface area contributed by atoms with Gasteiger partial charge in [0.15, 0.2) is 5.76 Å². The number of anilines is 2. The third-order valence-electron chi connectivity index (χ3n) is 4.18. The van der Waals surface area contributed by atoms with Gasteiger partial charge in [0.05, 0.1) is 6.26 Å². The molecule has 3 rings (SSSR count). The summed E-state index contributed by atoms with van der Waals surface area (Å²) in [5.41, 5.74) is 1.20. The van der Waals surface area contributed by atoms with Crippen molar-refractivity contribution in [3.05, 3.63) is 48.4 Å². The molecule has 0 unspecified atom stereocenters. The Morgan fingerprint density at radius 3 is 2.26 bits per heavy atom. The molecule has 1 fully saturated rings. The fraction of sp³-hybridized carbons (Fsp3) is 0.400. The molecule has 7 nitrogen and oxygen atoms in total. The Kier molecular flexibility index (Phi) is 5.39. The van der Waals surface area contributed by atoms with E-state index in [-0.39, 0.29) is 5.91 Å². The molecule has 2 amide bonds. The molecule has 1 saturated heterocycles. The number of hydrogen-bond donors (Lipinski definition) is 1. The topological polar surface area (TPSA) is 75.0 Å². The van der Waals surface area contributed by atoms with E-state index in [1.165, 1.54) is 6.26 Å². The van der Waals surface area contributed by atoms with Crippen molar-refractivity contribution in [3.8, 4) is 0 Å². The smallest absolute Gasteiger partial charge is 0.412 e. The monoisotopic (exact) mass is 371 g/mol. The van der Waals surface area contributed by atoms with Gasteiger partial charge in [-0.05, 0) is 57.2 Å². The number of piperazine rings is 1. The SMILES string of the molecule is CC(C)(C)OC(=O)Nc1ccc(N2CCN(C(=O)c3ccco3)CC2)cc1. The lowest BCUT2D eigenvalue weighted by molar-refractivity contribution is 0.0635. The summed E-state index contributed by atoms with van der Waals surface area (Å²) in [4.78, 5) is 28.1. The first-order valence-corrected chi connectivity index (χ1v) is 9.00. The number of ether oxygens (including phenoxy) is 1. The lowest BCUT2D eigenvalue weighted by Gasteiger charge is -2.35. The van der Waals surface area contributed by atoms with Crippen LogP contribution in [0, 0.1) is 0 Å². The van der Waals surface area contributed by atoms with Crippen LogP contribution < -0.4 is 10.2 Å². The Morgan fingerprint density at radius 2 is 1.70 bits per heavy atom. The van der Waals surface area contributed by atoms with Crippen molar-refractivity contribution >= 4 is 23.4 Å². The first-order valence-electron chi connectivity index (χ1n) is 9.00. The predicted molar refractivity (Wildman–Crippen MR) is 103 cm³/mol. The van der Waals surface area contributed by atoms with E-state index in [0.717, 1.165) is 18.8 Å². The molecule has 7 heteroatoms. The molecule has 0 saturated carbocycles. The average molecular weight is 371 g/mol. The molecule has 144 valence electrons. The molecule has 1 aliphatic rings. The van der Waals surface area contributed by atoms with Crippen molar-refractivity contribution in [2.75, 3.05) is 36.4 Å². The average Bonchev–Trinajstić information content (AvgIpc) is 3.15. The van der Waals surface area contributed by atoms with Crippen LogP contribution in [0.3, 0.4) is 0 Å². The van der Waals surface area contributed by atoms with E-state index in [9.17, 15) is 9.59 Å². The number of nitrogens with one attached hydrogen (secondary N) is 1. The van der Waals surface area contributed by atoms with Crippen LogP contribution in [0.25, 0.3) is 0 Å². The lowest BCUT2D eigenvalue weighted by atomic mass is 10.2. The maximum Gasteiger partial charge on any atom is 0.412 e. The summed E-state index contributed by atoms with van der Waals surface area (Å²) in [6.07, 6.45) is 1.04. The lowest BCUT2D eigenvalue weighted by Crippen LogP contribution is -2.48. The van der Waals surface area contributed by atoms with Gasteiger partial charge in [-0.3, -0.25) is 10.1 Å². The van der Waals surface area contributed by atoms with E-state index >= 15 is 0 Å². The molecule has 0 atom stereocenters. The van der Waals surface area contributed by atoms with Gasteiger partial charge in [0.25, 0.3) is 5.91 Å². The van der Waals surface area contributed by atoms with E-state index < -0.39 is 11.7 Å². The Morgan fingerprint density at radius 1 is 1.04 bits per heavy atom. The van der Waals surface area contributed by atoms with Gasteiger partial charge in [0.1, 0.15) is 5.60 Å². The highest BCUT2D eigenvalue weighted by Gasteiger charge is 2.24. The normalized spacial score (nSPS) is 14.8. The number of hydrogen-bond acceptors (Lipinski definition) is 5. The fourth-order valence-electron chi connectivity index (χ4n) is 2.90. The number of benzene rings is 1. The number of nitrogens with zero attached hydrogens (tertiary/aromatic N) is 2. The Labute approximate surface area is 158 Å². The fourth-order valence-corrected chi connectivity index (χ4v) is 2.90. The van der Waals surface area contributed by atoms with Crippen LogP contribution >= 0.6 is 0 Å². The molecule has 27 heavy (non-hydrogen) atoms. The molecule has 0 aliphatic carbocycles. The molecule has 2 heterocycles. The van der Waals surface area contributed by atoms with Crippen LogP contribution in [0.2, 0.25) is 0 Å². The summed E-state index contributed by atoms with van der Waals surface area (Å²) in [6.45, 7) is 8.23. The molecule has 1 aromatic carbocycles. The summed E-state index contributed by atoms with van der Waals surface area (Å²) in [5, 5.41) is 2.72. The largest absolute Gasteiger partial charge is 0.459 e. The molecule has 1 aliphatic heterocycles. The summed E-state index contributed by atoms with van der Waals surface area (Å²) in [5.74, 6) is 0.303. The van der Waals surface area contributed by atoms with Crippen LogP contribution in [0.5, 0.6) is 0 Å². The molecular formula is C20H25N3O4. The van der Waals surface area contributed by atoms with E-state index in [1.807, 2.05) is 45.0 Å². The Balaban J connectivity index is 1.53. The van der Waals surface area contributed by atoms with Gasteiger partial charge in [0.2, 0.25) is 0 Å². The van der Waals surface area contributed by atoms with Crippen molar-refractivity contribution in [1.82, 2.24) is 4.90 Å². The number of carbonyl (C=O) groups is 2. The number of rotatable bonds is 3. The summed E-state index contributed by atoms with van der Waals surface area (Å²) < 4.78 is 10.4. The van der Waals surface area contributed by atoms with Crippen molar-refractivity contribution < 1.29 is 18.7 Å². The van der Waals surface area contributed by atoms with Crippen LogP contribution in [0.4, 0.5) is 16.2 Å². The van der Waals surface area contributed by atoms with Crippen molar-refractivity contribution in [3.63, 3.8) is 0 Å². The van der Waals surface area contributed by atoms with Crippen LogP contribution in [-0.4, -0.2) is 48.7 Å². The first-order chi connectivity index (χ1) is 12.8. The highest BCUT2D eigenvalue weighted by Crippen LogP contribution is 2.21. The Bertz CT molecular complexity index is 771. The maximum atomic E-state index is 12.3. The second-order valence-corrected chi connectivity index (χ2v) is 7.43. The second-order valence-electron chi connectivity index (χ2n) is 7.43. The van der Waals surface area contributed by atoms with Crippen molar-refractivity contribution in [1.29, 1.82) is 0 Å². The minimum atomic E-state index is -0.531. The number of amides is 2. The maximum absolute atomic E-state index is 12.3. The molecular weight excluding hydrogens is 346 g/mol. The van der Waals surface area contributed by atoms with Gasteiger partial charge < -0.3 is 19.0 Å². The molecule has 0 radical (unpaired) electrons. The van der Waals surface area contributed by atoms with Gasteiger partial charge in [-0.15, -0.1) is 0 Å². The quantitative estimate of drug-likeness (QED) is 0.892. The van der Waals surface area contributed by atoms with Gasteiger partial charge in [0, 0.05) is 37.6 Å². The van der Waals surface area contributed by atoms with Crippen LogP contribution in [-0.2, 0) is 4.74 Å². The number of carbonyl (C=O) groups excluding carboxylic acids is 2. The molecule has 1 N–H and O–H groups in total. The zero-order chi connectivity index (χ0) is 19.4. The highest BCUT2D eigenvalue weighted by molar-refractivity contribution is 5.91. The van der Waals surface area contributed by atoms with Crippen molar-refractivity contribution in [2.45, 2.75) is 26.4 Å². The van der Waals surface area contributed by atoms with Gasteiger partial charge in [-0.1, -0.05) is 0 Å². The zero-order valence-corrected chi connectivity index (χ0v) is 15.9. The first kappa shape index (κ1) is 18.8. The molecule has 0 spiro atoms. The summed E-state index contributed by atoms with van der Waals surface area (Å²) >= 11 is 0. The molecule has 2 aromatic rings. The summed E-state index contributed by atoms with van der Waals surface area (Å²) in [7, 11) is 0. The third kappa shape index (κ3) is 5.03. The van der Waals surface area contributed by atoms with Gasteiger partial charge >= 0.3 is 6.09 Å². The van der Waals surface area contributed by atoms with Crippen molar-refractivity contribution in [2.24, 2.45) is 0 Å². The van der Waals surface area contributed by atoms with E-state index in [2.05, 4.69) is 10.2 Å².